The van der Waals surface area contributed by atoms with Crippen molar-refractivity contribution in [2.24, 2.45) is 0 Å². The van der Waals surface area contributed by atoms with Gasteiger partial charge in [0, 0.05) is 65.7 Å². The Hall–Kier alpha value is -19.9. The molecule has 29 rings (SSSR count). The van der Waals surface area contributed by atoms with Gasteiger partial charge in [0.25, 0.3) is 0 Å². The monoisotopic (exact) mass is 1900 g/mol. The first-order valence-electron chi connectivity index (χ1n) is 51.2. The van der Waals surface area contributed by atoms with Gasteiger partial charge in [0.2, 0.25) is 0 Å². The van der Waals surface area contributed by atoms with Crippen LogP contribution in [0.4, 0.5) is 0 Å². The largest absolute Gasteiger partial charge is 0.246 e. The minimum absolute atomic E-state index is 0.646. The van der Waals surface area contributed by atoms with Gasteiger partial charge in [-0.05, 0) is 200 Å². The second kappa shape index (κ2) is 38.6. The molecule has 0 saturated heterocycles. The van der Waals surface area contributed by atoms with Gasteiger partial charge in [0.1, 0.15) is 0 Å². The standard InChI is InChI=1S/C53H33N.C47H31N3.C44H28N2/c1-3-15-37(16-4-1)50-45-22-12-11-21-43(45)44-30-29-40(33-48(44)51(50)38-17-5-2-6-18-38)34-23-25-39(26-24-34)49-46-31-27-35-13-7-9-19-41(35)52(46)54-53-42-20-10-8-14-36(42)28-32-47(49)53;1-5-15-33(16-6-1)43-41-24-14-13-23-39(41)40-30-29-38(31-42(40)44(43)34-17-7-2-8-18-34)32-25-27-37(28-26-32)47-49-45(35-19-9-3-10-20-35)48-46(50-47)36-21-11-4-12-22-36;1-4-15-30(16-5-1)40-37-23-13-12-22-35(37)36-26-25-33(28-39(36)41(40)31-17-6-2-7-18-31)42-38-27-24-29-14-10-11-21-34(29)43(38)46-44(45-42)32-19-8-3-9-20-32/h1-33H;1-31H;1-28H. The van der Waals surface area contributed by atoms with Crippen LogP contribution in [0.15, 0.2) is 558 Å². The van der Waals surface area contributed by atoms with Crippen LogP contribution in [0, 0.1) is 0 Å². The average Bonchev–Trinajstić information content (AvgIpc) is 0.737. The van der Waals surface area contributed by atoms with Gasteiger partial charge in [-0.2, -0.15) is 0 Å². The molecule has 26 aromatic carbocycles. The van der Waals surface area contributed by atoms with E-state index in [1.54, 1.807) is 0 Å². The summed E-state index contributed by atoms with van der Waals surface area (Å²) in [7, 11) is 0. The van der Waals surface area contributed by atoms with Gasteiger partial charge in [-0.25, -0.2) is 29.9 Å². The summed E-state index contributed by atoms with van der Waals surface area (Å²) in [4.78, 5) is 30.6. The van der Waals surface area contributed by atoms with E-state index < -0.39 is 0 Å². The highest BCUT2D eigenvalue weighted by atomic mass is 15.0. The molecule has 0 aliphatic rings. The molecular formula is C144H92N6. The fraction of sp³-hybridized carbons (Fsp3) is 0. The second-order valence-electron chi connectivity index (χ2n) is 38.4. The molecule has 0 aliphatic heterocycles. The molecule has 29 aromatic rings. The highest BCUT2D eigenvalue weighted by Gasteiger charge is 2.26. The van der Waals surface area contributed by atoms with Crippen LogP contribution >= 0.6 is 0 Å². The number of benzene rings is 26. The molecule has 0 amide bonds. The fourth-order valence-electron chi connectivity index (χ4n) is 22.6. The molecule has 6 heteroatoms. The molecule has 0 radical (unpaired) electrons. The molecule has 0 N–H and O–H groups in total. The Kier molecular flexibility index (Phi) is 22.9. The molecule has 6 nitrogen and oxygen atoms in total. The van der Waals surface area contributed by atoms with E-state index in [9.17, 15) is 0 Å². The van der Waals surface area contributed by atoms with Gasteiger partial charge in [0.05, 0.1) is 22.2 Å². The van der Waals surface area contributed by atoms with Crippen molar-refractivity contribution in [2.75, 3.05) is 0 Å². The van der Waals surface area contributed by atoms with Crippen LogP contribution in [-0.4, -0.2) is 29.9 Å². The number of nitrogens with zero attached hydrogens (tertiary/aromatic N) is 6. The van der Waals surface area contributed by atoms with Crippen molar-refractivity contribution in [3.8, 4) is 157 Å². The molecular weight excluding hydrogens is 1810 g/mol. The average molecular weight is 1910 g/mol. The normalized spacial score (nSPS) is 11.5. The number of hydrogen-bond acceptors (Lipinski definition) is 6. The summed E-state index contributed by atoms with van der Waals surface area (Å²) in [5, 5.41) is 25.4. The maximum Gasteiger partial charge on any atom is 0.164 e. The van der Waals surface area contributed by atoms with Gasteiger partial charge in [0.15, 0.2) is 23.3 Å². The van der Waals surface area contributed by atoms with Crippen molar-refractivity contribution < 1.29 is 0 Å². The van der Waals surface area contributed by atoms with Crippen molar-refractivity contribution in [3.05, 3.63) is 558 Å². The number of fused-ring (bicyclic) bond motifs is 18. The molecule has 0 saturated carbocycles. The summed E-state index contributed by atoms with van der Waals surface area (Å²) in [5.41, 5.74) is 30.8. The Morgan fingerprint density at radius 3 is 0.613 bits per heavy atom. The lowest BCUT2D eigenvalue weighted by Crippen LogP contribution is -2.00. The van der Waals surface area contributed by atoms with Crippen molar-refractivity contribution in [1.82, 2.24) is 29.9 Å². The lowest BCUT2D eigenvalue weighted by Gasteiger charge is -2.19. The molecule has 0 bridgehead atoms. The summed E-state index contributed by atoms with van der Waals surface area (Å²) < 4.78 is 0. The predicted molar refractivity (Wildman–Crippen MR) is 632 cm³/mol. The number of pyridine rings is 1. The van der Waals surface area contributed by atoms with Gasteiger partial charge < -0.3 is 0 Å². The van der Waals surface area contributed by atoms with Crippen LogP contribution in [0.25, 0.3) is 287 Å². The van der Waals surface area contributed by atoms with E-state index >= 15 is 0 Å². The Bertz CT molecular complexity index is 10100. The summed E-state index contributed by atoms with van der Waals surface area (Å²) in [6, 6.07) is 199. The molecule has 150 heavy (non-hydrogen) atoms. The third kappa shape index (κ3) is 16.3. The topological polar surface area (TPSA) is 77.3 Å². The number of aromatic nitrogens is 6. The first-order valence-corrected chi connectivity index (χ1v) is 51.2. The van der Waals surface area contributed by atoms with Crippen molar-refractivity contribution in [2.45, 2.75) is 0 Å². The Morgan fingerprint density at radius 2 is 0.293 bits per heavy atom. The van der Waals surface area contributed by atoms with Crippen LogP contribution in [0.2, 0.25) is 0 Å². The van der Waals surface area contributed by atoms with Gasteiger partial charge in [-0.3, -0.25) is 0 Å². The molecule has 3 aromatic heterocycles. The van der Waals surface area contributed by atoms with Gasteiger partial charge >= 0.3 is 0 Å². The Morgan fingerprint density at radius 1 is 0.0933 bits per heavy atom. The third-order valence-electron chi connectivity index (χ3n) is 29.6. The zero-order valence-corrected chi connectivity index (χ0v) is 81.8. The van der Waals surface area contributed by atoms with Gasteiger partial charge in [-0.1, -0.05) is 534 Å². The van der Waals surface area contributed by atoms with Crippen LogP contribution in [0.5, 0.6) is 0 Å². The van der Waals surface area contributed by atoms with E-state index in [0.29, 0.717) is 17.5 Å². The maximum atomic E-state index is 5.40. The molecule has 0 atom stereocenters. The van der Waals surface area contributed by atoms with E-state index in [0.717, 1.165) is 77.8 Å². The molecule has 0 unspecified atom stereocenters. The first kappa shape index (κ1) is 89.0. The van der Waals surface area contributed by atoms with E-state index in [2.05, 4.69) is 479 Å². The number of hydrogen-bond donors (Lipinski definition) is 0. The van der Waals surface area contributed by atoms with Crippen molar-refractivity contribution >= 4 is 130 Å². The van der Waals surface area contributed by atoms with Gasteiger partial charge in [-0.15, -0.1) is 0 Å². The SMILES string of the molecule is c1ccc(-c2c(-c3ccccc3)c3cc(-c4ccc(-c5c6ccc7ccccc7c6nc6c5ccc5ccccc56)cc4)ccc3c3ccccc23)cc1.c1ccc(-c2nc(-c3ccc4c(c3)c(-c3ccccc3)c(-c3ccccc3)c3ccccc34)c3ccc4ccccc4c3n2)cc1.c1ccc(-c2nc(-c3ccccc3)nc(-c3ccc(-c4ccc5c(c4)c(-c4ccccc4)c(-c4ccccc4)c4ccccc45)cc3)n2)cc1. The first-order chi connectivity index (χ1) is 74.4. The molecule has 0 spiro atoms. The quantitative estimate of drug-likeness (QED) is 0.0797. The summed E-state index contributed by atoms with van der Waals surface area (Å²) in [6.45, 7) is 0. The van der Waals surface area contributed by atoms with E-state index in [1.807, 2.05) is 78.9 Å². The lowest BCUT2D eigenvalue weighted by atomic mass is 9.84. The van der Waals surface area contributed by atoms with E-state index in [4.69, 9.17) is 29.9 Å². The van der Waals surface area contributed by atoms with Crippen molar-refractivity contribution in [3.63, 3.8) is 0 Å². The van der Waals surface area contributed by atoms with Crippen LogP contribution in [0.1, 0.15) is 0 Å². The molecule has 0 fully saturated rings. The van der Waals surface area contributed by atoms with Crippen LogP contribution in [-0.2, 0) is 0 Å². The highest BCUT2D eigenvalue weighted by molar-refractivity contribution is 6.27. The fourth-order valence-corrected chi connectivity index (χ4v) is 22.6. The van der Waals surface area contributed by atoms with Crippen LogP contribution < -0.4 is 0 Å². The maximum absolute atomic E-state index is 5.40. The van der Waals surface area contributed by atoms with Crippen LogP contribution in [0.3, 0.4) is 0 Å². The summed E-state index contributed by atoms with van der Waals surface area (Å²) >= 11 is 0. The predicted octanol–water partition coefficient (Wildman–Crippen LogP) is 38.6. The zero-order chi connectivity index (χ0) is 99.3. The molecule has 3 heterocycles. The molecule has 698 valence electrons. The summed E-state index contributed by atoms with van der Waals surface area (Å²) in [6.07, 6.45) is 0. The number of rotatable bonds is 14. The molecule has 0 aliphatic carbocycles. The van der Waals surface area contributed by atoms with E-state index in [-0.39, 0.29) is 0 Å². The third-order valence-corrected chi connectivity index (χ3v) is 29.6. The second-order valence-corrected chi connectivity index (χ2v) is 38.4. The Labute approximate surface area is 868 Å². The van der Waals surface area contributed by atoms with Crippen molar-refractivity contribution in [1.29, 1.82) is 0 Å². The summed E-state index contributed by atoms with van der Waals surface area (Å²) in [5.74, 6) is 2.69. The Balaban J connectivity index is 0.000000111. The minimum Gasteiger partial charge on any atom is -0.246 e. The lowest BCUT2D eigenvalue weighted by molar-refractivity contribution is 1.07. The minimum atomic E-state index is 0.646. The smallest absolute Gasteiger partial charge is 0.164 e. The van der Waals surface area contributed by atoms with E-state index in [1.165, 1.54) is 191 Å². The highest BCUT2D eigenvalue weighted by Crippen LogP contribution is 2.52. The zero-order valence-electron chi connectivity index (χ0n) is 81.8.